The smallest absolute Gasteiger partial charge is 0.229 e. The zero-order chi connectivity index (χ0) is 12.3. The zero-order valence-corrected chi connectivity index (χ0v) is 9.98. The summed E-state index contributed by atoms with van der Waals surface area (Å²) in [5, 5.41) is 10.3. The Morgan fingerprint density at radius 3 is 2.18 bits per heavy atom. The molecule has 2 heterocycles. The summed E-state index contributed by atoms with van der Waals surface area (Å²) in [6, 6.07) is 0. The molecule has 0 aromatic carbocycles. The van der Waals surface area contributed by atoms with Crippen molar-refractivity contribution in [3.63, 3.8) is 0 Å². The molecule has 5 nitrogen and oxygen atoms in total. The molecule has 2 aliphatic rings. The number of aliphatic hydroxyl groups is 1. The molecule has 0 aromatic heterocycles. The minimum Gasteiger partial charge on any atom is -0.388 e. The van der Waals surface area contributed by atoms with Gasteiger partial charge in [0.05, 0.1) is 12.1 Å². The van der Waals surface area contributed by atoms with Gasteiger partial charge in [0.2, 0.25) is 11.8 Å². The number of rotatable bonds is 2. The maximum atomic E-state index is 11.8. The lowest BCUT2D eigenvalue weighted by Gasteiger charge is -2.35. The van der Waals surface area contributed by atoms with Crippen molar-refractivity contribution in [3.05, 3.63) is 0 Å². The van der Waals surface area contributed by atoms with E-state index >= 15 is 0 Å². The Morgan fingerprint density at radius 1 is 1.12 bits per heavy atom. The van der Waals surface area contributed by atoms with Crippen LogP contribution in [-0.4, -0.2) is 47.2 Å². The number of hydrogen-bond donors (Lipinski definition) is 1. The molecule has 2 rings (SSSR count). The fourth-order valence-corrected chi connectivity index (χ4v) is 2.34. The lowest BCUT2D eigenvalue weighted by atomic mass is 9.93. The van der Waals surface area contributed by atoms with Crippen LogP contribution >= 0.6 is 0 Å². The van der Waals surface area contributed by atoms with Crippen molar-refractivity contribution in [1.29, 1.82) is 0 Å². The molecule has 2 fully saturated rings. The van der Waals surface area contributed by atoms with Crippen molar-refractivity contribution >= 4 is 11.8 Å². The fraction of sp³-hybridized carbons (Fsp3) is 0.833. The Bertz CT molecular complexity index is 292. The van der Waals surface area contributed by atoms with Gasteiger partial charge in [0, 0.05) is 38.9 Å². The molecule has 0 bridgehead atoms. The summed E-state index contributed by atoms with van der Waals surface area (Å²) >= 11 is 0. The average Bonchev–Trinajstić information content (AvgIpc) is 2.45. The highest BCUT2D eigenvalue weighted by molar-refractivity contribution is 5.96. The first-order chi connectivity index (χ1) is 8.11. The van der Waals surface area contributed by atoms with Gasteiger partial charge in [0.15, 0.2) is 0 Å². The largest absolute Gasteiger partial charge is 0.388 e. The third-order valence-electron chi connectivity index (χ3n) is 3.51. The van der Waals surface area contributed by atoms with Crippen LogP contribution < -0.4 is 0 Å². The first kappa shape index (κ1) is 12.5. The Kier molecular flexibility index (Phi) is 3.79. The monoisotopic (exact) mass is 241 g/mol. The Balaban J connectivity index is 2.03. The first-order valence-electron chi connectivity index (χ1n) is 6.24. The Labute approximate surface area is 101 Å². The highest BCUT2D eigenvalue weighted by Crippen LogP contribution is 2.24. The summed E-state index contributed by atoms with van der Waals surface area (Å²) in [6.07, 6.45) is 3.34. The first-order valence-corrected chi connectivity index (χ1v) is 6.24. The molecule has 1 N–H and O–H groups in total. The van der Waals surface area contributed by atoms with E-state index in [4.69, 9.17) is 4.74 Å². The van der Waals surface area contributed by atoms with Gasteiger partial charge in [0.25, 0.3) is 0 Å². The highest BCUT2D eigenvalue weighted by Gasteiger charge is 2.36. The van der Waals surface area contributed by atoms with Crippen molar-refractivity contribution in [2.75, 3.05) is 19.8 Å². The van der Waals surface area contributed by atoms with E-state index in [0.29, 0.717) is 38.9 Å². The molecule has 0 aliphatic carbocycles. The van der Waals surface area contributed by atoms with Gasteiger partial charge in [-0.2, -0.15) is 0 Å². The molecule has 96 valence electrons. The molecular formula is C12H19NO4. The standard InChI is InChI=1S/C12H19NO4/c14-10-3-1-2-4-11(15)13(10)9-12(16)5-7-17-8-6-12/h16H,1-9H2. The number of carbonyl (C=O) groups is 2. The maximum Gasteiger partial charge on any atom is 0.229 e. The number of imide groups is 1. The Hall–Kier alpha value is -0.940. The van der Waals surface area contributed by atoms with E-state index in [0.717, 1.165) is 12.8 Å². The molecule has 5 heteroatoms. The average molecular weight is 241 g/mol. The van der Waals surface area contributed by atoms with Crippen molar-refractivity contribution in [1.82, 2.24) is 4.90 Å². The van der Waals surface area contributed by atoms with Gasteiger partial charge in [-0.05, 0) is 12.8 Å². The summed E-state index contributed by atoms with van der Waals surface area (Å²) in [6.45, 7) is 1.12. The minimum absolute atomic E-state index is 0.133. The van der Waals surface area contributed by atoms with E-state index in [-0.39, 0.29) is 18.4 Å². The predicted molar refractivity (Wildman–Crippen MR) is 60.2 cm³/mol. The van der Waals surface area contributed by atoms with E-state index < -0.39 is 5.60 Å². The third kappa shape index (κ3) is 3.04. The van der Waals surface area contributed by atoms with Crippen LogP contribution in [0.1, 0.15) is 38.5 Å². The van der Waals surface area contributed by atoms with E-state index in [1.165, 1.54) is 4.90 Å². The molecule has 0 unspecified atom stereocenters. The zero-order valence-electron chi connectivity index (χ0n) is 9.98. The van der Waals surface area contributed by atoms with Crippen molar-refractivity contribution < 1.29 is 19.4 Å². The molecule has 0 saturated carbocycles. The van der Waals surface area contributed by atoms with Crippen LogP contribution in [0.3, 0.4) is 0 Å². The second kappa shape index (κ2) is 5.14. The lowest BCUT2D eigenvalue weighted by molar-refractivity contribution is -0.151. The van der Waals surface area contributed by atoms with Crippen LogP contribution in [0, 0.1) is 0 Å². The van der Waals surface area contributed by atoms with E-state index in [1.54, 1.807) is 0 Å². The van der Waals surface area contributed by atoms with Crippen molar-refractivity contribution in [2.45, 2.75) is 44.1 Å². The quantitative estimate of drug-likeness (QED) is 0.713. The second-order valence-electron chi connectivity index (χ2n) is 4.92. The lowest BCUT2D eigenvalue weighted by Crippen LogP contribution is -2.50. The van der Waals surface area contributed by atoms with Crippen molar-refractivity contribution in [3.8, 4) is 0 Å². The normalized spacial score (nSPS) is 25.8. The summed E-state index contributed by atoms with van der Waals surface area (Å²) in [4.78, 5) is 24.9. The summed E-state index contributed by atoms with van der Waals surface area (Å²) < 4.78 is 5.18. The number of likely N-dealkylation sites (tertiary alicyclic amines) is 1. The van der Waals surface area contributed by atoms with Crippen LogP contribution in [0.5, 0.6) is 0 Å². The second-order valence-corrected chi connectivity index (χ2v) is 4.92. The number of hydrogen-bond acceptors (Lipinski definition) is 4. The minimum atomic E-state index is -0.950. The van der Waals surface area contributed by atoms with E-state index in [9.17, 15) is 14.7 Å². The molecular weight excluding hydrogens is 222 g/mol. The molecule has 0 atom stereocenters. The number of amides is 2. The Morgan fingerprint density at radius 2 is 1.65 bits per heavy atom. The predicted octanol–water partition coefficient (Wildman–Crippen LogP) is 0.457. The van der Waals surface area contributed by atoms with Gasteiger partial charge in [0.1, 0.15) is 0 Å². The van der Waals surface area contributed by atoms with Crippen LogP contribution in [0.15, 0.2) is 0 Å². The third-order valence-corrected chi connectivity index (χ3v) is 3.51. The van der Waals surface area contributed by atoms with Crippen LogP contribution in [0.2, 0.25) is 0 Å². The molecule has 2 aliphatic heterocycles. The van der Waals surface area contributed by atoms with Gasteiger partial charge in [-0.1, -0.05) is 0 Å². The summed E-state index contributed by atoms with van der Waals surface area (Å²) in [7, 11) is 0. The highest BCUT2D eigenvalue weighted by atomic mass is 16.5. The van der Waals surface area contributed by atoms with Gasteiger partial charge >= 0.3 is 0 Å². The topological polar surface area (TPSA) is 66.8 Å². The van der Waals surface area contributed by atoms with Gasteiger partial charge < -0.3 is 9.84 Å². The SMILES string of the molecule is O=C1CCCCC(=O)N1CC1(O)CCOCC1. The van der Waals surface area contributed by atoms with Gasteiger partial charge in [-0.3, -0.25) is 14.5 Å². The summed E-state index contributed by atoms with van der Waals surface area (Å²) in [5.41, 5.74) is -0.950. The number of ether oxygens (including phenoxy) is 1. The number of nitrogens with zero attached hydrogens (tertiary/aromatic N) is 1. The molecule has 0 radical (unpaired) electrons. The van der Waals surface area contributed by atoms with E-state index in [1.807, 2.05) is 0 Å². The van der Waals surface area contributed by atoms with Crippen molar-refractivity contribution in [2.24, 2.45) is 0 Å². The molecule has 2 amide bonds. The van der Waals surface area contributed by atoms with Crippen LogP contribution in [0.25, 0.3) is 0 Å². The number of carbonyl (C=O) groups excluding carboxylic acids is 2. The van der Waals surface area contributed by atoms with Crippen LogP contribution in [0.4, 0.5) is 0 Å². The molecule has 2 saturated heterocycles. The number of β-amino-alcohol motifs (C(OH)–C–C–N with tert-alkyl or cyclic N) is 1. The fourth-order valence-electron chi connectivity index (χ4n) is 2.34. The van der Waals surface area contributed by atoms with E-state index in [2.05, 4.69) is 0 Å². The maximum absolute atomic E-state index is 11.8. The molecule has 17 heavy (non-hydrogen) atoms. The summed E-state index contributed by atoms with van der Waals surface area (Å²) in [5.74, 6) is -0.292. The van der Waals surface area contributed by atoms with Gasteiger partial charge in [-0.25, -0.2) is 0 Å². The molecule has 0 aromatic rings. The van der Waals surface area contributed by atoms with Crippen LogP contribution in [-0.2, 0) is 14.3 Å². The van der Waals surface area contributed by atoms with Gasteiger partial charge in [-0.15, -0.1) is 0 Å². The molecule has 0 spiro atoms.